The van der Waals surface area contributed by atoms with Crippen LogP contribution in [0.2, 0.25) is 5.02 Å². The van der Waals surface area contributed by atoms with Gasteiger partial charge in [0, 0.05) is 5.75 Å². The van der Waals surface area contributed by atoms with Crippen LogP contribution in [-0.4, -0.2) is 11.8 Å². The van der Waals surface area contributed by atoms with E-state index in [0.717, 1.165) is 24.2 Å². The van der Waals surface area contributed by atoms with Crippen molar-refractivity contribution in [1.29, 1.82) is 5.41 Å². The van der Waals surface area contributed by atoms with E-state index in [4.69, 9.17) is 27.5 Å². The lowest BCUT2D eigenvalue weighted by molar-refractivity contribution is 0.309. The molecule has 0 aliphatic carbocycles. The van der Waals surface area contributed by atoms with Crippen LogP contribution in [0.3, 0.4) is 0 Å². The van der Waals surface area contributed by atoms with Gasteiger partial charge in [-0.05, 0) is 24.1 Å². The molecule has 0 aliphatic rings. The molecule has 0 atom stereocenters. The fourth-order valence-corrected chi connectivity index (χ4v) is 2.00. The zero-order valence-corrected chi connectivity index (χ0v) is 12.6. The summed E-state index contributed by atoms with van der Waals surface area (Å²) < 4.78 is 5.55. The number of rotatable bonds is 6. The number of nitrogens with two attached hydrogens (primary N) is 1. The van der Waals surface area contributed by atoms with Gasteiger partial charge in [-0.1, -0.05) is 42.8 Å². The second kappa shape index (κ2) is 9.36. The number of hydrogen-bond donors (Lipinski definition) is 2. The highest BCUT2D eigenvalue weighted by Gasteiger charge is 2.03. The summed E-state index contributed by atoms with van der Waals surface area (Å²) in [5, 5.41) is 7.86. The van der Waals surface area contributed by atoms with Crippen molar-refractivity contribution in [2.75, 3.05) is 6.61 Å². The standard InChI is InChI=1S/C12H17ClN2OS.ClH/c1-2-3-6-16-11-5-4-9(7-10(11)13)8-17-12(14)15;/h4-5,7H,2-3,6,8H2,1H3,(H3,14,15);1H. The van der Waals surface area contributed by atoms with E-state index >= 15 is 0 Å². The molecule has 0 saturated carbocycles. The van der Waals surface area contributed by atoms with E-state index in [2.05, 4.69) is 6.92 Å². The molecular formula is C12H18Cl2N2OS. The number of halogens is 2. The molecule has 3 N–H and O–H groups in total. The Morgan fingerprint density at radius 2 is 2.22 bits per heavy atom. The Balaban J connectivity index is 0.00000289. The number of unbranched alkanes of at least 4 members (excludes halogenated alkanes) is 1. The lowest BCUT2D eigenvalue weighted by Crippen LogP contribution is -2.03. The monoisotopic (exact) mass is 308 g/mol. The van der Waals surface area contributed by atoms with Gasteiger partial charge in [0.15, 0.2) is 5.17 Å². The van der Waals surface area contributed by atoms with E-state index < -0.39 is 0 Å². The van der Waals surface area contributed by atoms with Crippen molar-refractivity contribution in [3.63, 3.8) is 0 Å². The van der Waals surface area contributed by atoms with Gasteiger partial charge in [0.2, 0.25) is 0 Å². The highest BCUT2D eigenvalue weighted by Crippen LogP contribution is 2.27. The van der Waals surface area contributed by atoms with Gasteiger partial charge in [-0.15, -0.1) is 12.4 Å². The molecule has 0 aromatic heterocycles. The highest BCUT2D eigenvalue weighted by molar-refractivity contribution is 8.13. The lowest BCUT2D eigenvalue weighted by Gasteiger charge is -2.08. The third-order valence-electron chi connectivity index (χ3n) is 2.15. The molecule has 18 heavy (non-hydrogen) atoms. The Bertz CT molecular complexity index is 388. The minimum atomic E-state index is 0. The molecule has 6 heteroatoms. The molecule has 0 radical (unpaired) electrons. The third kappa shape index (κ3) is 6.38. The van der Waals surface area contributed by atoms with Gasteiger partial charge >= 0.3 is 0 Å². The molecule has 1 aromatic rings. The molecule has 0 bridgehead atoms. The molecule has 0 aliphatic heterocycles. The fraction of sp³-hybridized carbons (Fsp3) is 0.417. The van der Waals surface area contributed by atoms with Crippen LogP contribution in [-0.2, 0) is 5.75 Å². The summed E-state index contributed by atoms with van der Waals surface area (Å²) in [4.78, 5) is 0. The molecule has 0 amide bonds. The zero-order chi connectivity index (χ0) is 12.7. The maximum absolute atomic E-state index is 7.13. The first-order valence-corrected chi connectivity index (χ1v) is 6.88. The summed E-state index contributed by atoms with van der Waals surface area (Å²) in [6.45, 7) is 2.81. The van der Waals surface area contributed by atoms with Gasteiger partial charge in [-0.25, -0.2) is 0 Å². The molecule has 1 aromatic carbocycles. The Kier molecular flexibility index (Phi) is 9.06. The van der Waals surface area contributed by atoms with E-state index in [0.29, 0.717) is 17.4 Å². The van der Waals surface area contributed by atoms with Crippen molar-refractivity contribution in [3.05, 3.63) is 28.8 Å². The van der Waals surface area contributed by atoms with Crippen molar-refractivity contribution < 1.29 is 4.74 Å². The highest BCUT2D eigenvalue weighted by atomic mass is 35.5. The number of amidine groups is 1. The normalized spacial score (nSPS) is 9.67. The second-order valence-electron chi connectivity index (χ2n) is 3.62. The van der Waals surface area contributed by atoms with E-state index in [-0.39, 0.29) is 17.6 Å². The second-order valence-corrected chi connectivity index (χ2v) is 5.04. The Morgan fingerprint density at radius 1 is 1.50 bits per heavy atom. The molecule has 102 valence electrons. The summed E-state index contributed by atoms with van der Waals surface area (Å²) in [6.07, 6.45) is 2.13. The number of benzene rings is 1. The number of hydrogen-bond acceptors (Lipinski definition) is 3. The van der Waals surface area contributed by atoms with Gasteiger partial charge < -0.3 is 10.5 Å². The third-order valence-corrected chi connectivity index (χ3v) is 3.23. The van der Waals surface area contributed by atoms with Crippen LogP contribution < -0.4 is 10.5 Å². The van der Waals surface area contributed by atoms with Gasteiger partial charge in [-0.2, -0.15) is 0 Å². The van der Waals surface area contributed by atoms with Crippen LogP contribution in [0.4, 0.5) is 0 Å². The number of nitrogens with one attached hydrogen (secondary N) is 1. The van der Waals surface area contributed by atoms with Crippen LogP contribution in [0, 0.1) is 5.41 Å². The van der Waals surface area contributed by atoms with Crippen LogP contribution in [0.5, 0.6) is 5.75 Å². The zero-order valence-electron chi connectivity index (χ0n) is 10.2. The molecule has 0 unspecified atom stereocenters. The number of ether oxygens (including phenoxy) is 1. The molecular weight excluding hydrogens is 291 g/mol. The summed E-state index contributed by atoms with van der Waals surface area (Å²) in [5.41, 5.74) is 6.32. The van der Waals surface area contributed by atoms with Crippen molar-refractivity contribution in [1.82, 2.24) is 0 Å². The maximum atomic E-state index is 7.13. The first-order valence-electron chi connectivity index (χ1n) is 5.51. The molecule has 0 spiro atoms. The predicted octanol–water partition coefficient (Wildman–Crippen LogP) is 4.07. The first-order chi connectivity index (χ1) is 8.13. The summed E-state index contributed by atoms with van der Waals surface area (Å²) >= 11 is 7.39. The van der Waals surface area contributed by atoms with Crippen LogP contribution >= 0.6 is 35.8 Å². The van der Waals surface area contributed by atoms with E-state index in [1.165, 1.54) is 11.8 Å². The topological polar surface area (TPSA) is 59.1 Å². The maximum Gasteiger partial charge on any atom is 0.151 e. The Morgan fingerprint density at radius 3 is 2.78 bits per heavy atom. The largest absolute Gasteiger partial charge is 0.492 e. The number of thioether (sulfide) groups is 1. The summed E-state index contributed by atoms with van der Waals surface area (Å²) in [6, 6.07) is 5.68. The fourth-order valence-electron chi connectivity index (χ4n) is 1.24. The van der Waals surface area contributed by atoms with Crippen LogP contribution in [0.15, 0.2) is 18.2 Å². The van der Waals surface area contributed by atoms with Crippen molar-refractivity contribution >= 4 is 40.9 Å². The summed E-state index contributed by atoms with van der Waals surface area (Å²) in [7, 11) is 0. The quantitative estimate of drug-likeness (QED) is 0.473. The van der Waals surface area contributed by atoms with Crippen molar-refractivity contribution in [2.45, 2.75) is 25.5 Å². The molecule has 3 nitrogen and oxygen atoms in total. The SMILES string of the molecule is CCCCOc1ccc(CSC(=N)N)cc1Cl.Cl. The van der Waals surface area contributed by atoms with Gasteiger partial charge in [0.25, 0.3) is 0 Å². The van der Waals surface area contributed by atoms with Crippen molar-refractivity contribution in [2.24, 2.45) is 5.73 Å². The molecule has 1 rings (SSSR count). The van der Waals surface area contributed by atoms with Gasteiger partial charge in [-0.3, -0.25) is 5.41 Å². The minimum Gasteiger partial charge on any atom is -0.492 e. The van der Waals surface area contributed by atoms with E-state index in [9.17, 15) is 0 Å². The van der Waals surface area contributed by atoms with Gasteiger partial charge in [0.05, 0.1) is 11.6 Å². The van der Waals surface area contributed by atoms with Crippen LogP contribution in [0.25, 0.3) is 0 Å². The lowest BCUT2D eigenvalue weighted by atomic mass is 10.2. The molecule has 0 fully saturated rings. The smallest absolute Gasteiger partial charge is 0.151 e. The van der Waals surface area contributed by atoms with E-state index in [1.54, 1.807) is 0 Å². The molecule has 0 saturated heterocycles. The first kappa shape index (κ1) is 17.4. The van der Waals surface area contributed by atoms with Gasteiger partial charge in [0.1, 0.15) is 5.75 Å². The Labute approximate surface area is 123 Å². The minimum absolute atomic E-state index is 0. The summed E-state index contributed by atoms with van der Waals surface area (Å²) in [5.74, 6) is 1.38. The molecule has 0 heterocycles. The Hall–Kier alpha value is -0.580. The van der Waals surface area contributed by atoms with Crippen LogP contribution in [0.1, 0.15) is 25.3 Å². The van der Waals surface area contributed by atoms with E-state index in [1.807, 2.05) is 18.2 Å². The predicted molar refractivity (Wildman–Crippen MR) is 82.3 cm³/mol. The average molecular weight is 309 g/mol. The average Bonchev–Trinajstić information content (AvgIpc) is 2.29. The van der Waals surface area contributed by atoms with Crippen molar-refractivity contribution in [3.8, 4) is 5.75 Å².